The lowest BCUT2D eigenvalue weighted by molar-refractivity contribution is 0.145. The molecule has 7 nitrogen and oxygen atoms in total. The van der Waals surface area contributed by atoms with Crippen LogP contribution in [0.3, 0.4) is 0 Å². The van der Waals surface area contributed by atoms with Crippen LogP contribution in [-0.2, 0) is 17.8 Å². The van der Waals surface area contributed by atoms with E-state index in [9.17, 15) is 4.79 Å². The zero-order valence-electron chi connectivity index (χ0n) is 18.0. The number of pyridine rings is 1. The first kappa shape index (κ1) is 26.0. The van der Waals surface area contributed by atoms with E-state index in [0.29, 0.717) is 19.8 Å². The molecule has 166 valence electrons. The van der Waals surface area contributed by atoms with E-state index < -0.39 is 0 Å². The molecule has 0 unspecified atom stereocenters. The number of methoxy groups -OCH3 is 1. The number of ether oxygens (including phenoxy) is 2. The van der Waals surface area contributed by atoms with Crippen molar-refractivity contribution in [2.45, 2.75) is 32.9 Å². The van der Waals surface area contributed by atoms with Crippen molar-refractivity contribution in [2.75, 3.05) is 33.9 Å². The van der Waals surface area contributed by atoms with Crippen molar-refractivity contribution < 1.29 is 9.47 Å². The van der Waals surface area contributed by atoms with Gasteiger partial charge in [-0.3, -0.25) is 9.79 Å². The van der Waals surface area contributed by atoms with E-state index in [1.807, 2.05) is 25.3 Å². The Morgan fingerprint density at radius 2 is 1.97 bits per heavy atom. The van der Waals surface area contributed by atoms with Crippen LogP contribution in [-0.4, -0.2) is 44.4 Å². The summed E-state index contributed by atoms with van der Waals surface area (Å²) in [5, 5.41) is 6.64. The number of guanidine groups is 1. The number of halogens is 1. The van der Waals surface area contributed by atoms with Gasteiger partial charge in [-0.2, -0.15) is 0 Å². The van der Waals surface area contributed by atoms with Gasteiger partial charge in [-0.1, -0.05) is 18.2 Å². The predicted molar refractivity (Wildman–Crippen MR) is 132 cm³/mol. The van der Waals surface area contributed by atoms with Gasteiger partial charge in [-0.25, -0.2) is 0 Å². The van der Waals surface area contributed by atoms with Crippen LogP contribution in [0.5, 0.6) is 5.75 Å². The molecule has 0 aliphatic rings. The van der Waals surface area contributed by atoms with Gasteiger partial charge in [-0.15, -0.1) is 24.0 Å². The van der Waals surface area contributed by atoms with Crippen LogP contribution in [0.1, 0.15) is 24.0 Å². The van der Waals surface area contributed by atoms with E-state index in [1.54, 1.807) is 30.9 Å². The molecule has 0 aliphatic heterocycles. The first-order valence-electron chi connectivity index (χ1n) is 9.95. The number of aromatic nitrogens is 1. The average Bonchev–Trinajstić information content (AvgIpc) is 2.72. The molecular weight excluding hydrogens is 495 g/mol. The first-order chi connectivity index (χ1) is 14.1. The third-order valence-electron chi connectivity index (χ3n) is 4.45. The number of aliphatic imine (C=N–C) groups is 1. The lowest BCUT2D eigenvalue weighted by Crippen LogP contribution is -2.37. The quantitative estimate of drug-likeness (QED) is 0.203. The first-order valence-corrected chi connectivity index (χ1v) is 9.95. The van der Waals surface area contributed by atoms with E-state index >= 15 is 0 Å². The maximum atomic E-state index is 11.7. The second kappa shape index (κ2) is 14.8. The molecule has 2 rings (SSSR count). The van der Waals surface area contributed by atoms with E-state index in [0.717, 1.165) is 48.8 Å². The number of aryl methyl sites for hydroxylation is 2. The van der Waals surface area contributed by atoms with Crippen LogP contribution < -0.4 is 20.9 Å². The van der Waals surface area contributed by atoms with Gasteiger partial charge in [0.2, 0.25) is 5.56 Å². The Balaban J connectivity index is 0.00000450. The summed E-state index contributed by atoms with van der Waals surface area (Å²) in [6.07, 6.45) is 3.69. The molecule has 0 bridgehead atoms. The zero-order valence-corrected chi connectivity index (χ0v) is 20.3. The van der Waals surface area contributed by atoms with Crippen molar-refractivity contribution in [1.82, 2.24) is 15.2 Å². The van der Waals surface area contributed by atoms with Gasteiger partial charge in [-0.05, 0) is 37.5 Å². The van der Waals surface area contributed by atoms with Gasteiger partial charge in [0.05, 0.1) is 6.61 Å². The Bertz CT molecular complexity index is 839. The molecule has 8 heteroatoms. The molecule has 0 spiro atoms. The fourth-order valence-corrected chi connectivity index (χ4v) is 2.84. The molecule has 0 saturated heterocycles. The monoisotopic (exact) mass is 528 g/mol. The highest BCUT2D eigenvalue weighted by Gasteiger charge is 2.06. The number of benzene rings is 1. The lowest BCUT2D eigenvalue weighted by atomic mass is 10.1. The number of hydrogen-bond acceptors (Lipinski definition) is 4. The summed E-state index contributed by atoms with van der Waals surface area (Å²) in [4.78, 5) is 16.0. The summed E-state index contributed by atoms with van der Waals surface area (Å²) in [5.41, 5.74) is 2.26. The number of rotatable bonds is 11. The van der Waals surface area contributed by atoms with Crippen molar-refractivity contribution >= 4 is 29.9 Å². The minimum atomic E-state index is 0. The van der Waals surface area contributed by atoms with Crippen molar-refractivity contribution in [1.29, 1.82) is 0 Å². The number of unbranched alkanes of at least 4 members (excludes halogenated alkanes) is 1. The molecule has 1 aromatic heterocycles. The summed E-state index contributed by atoms with van der Waals surface area (Å²) in [7, 11) is 3.42. The zero-order chi connectivity index (χ0) is 20.9. The number of nitrogens with zero attached hydrogens (tertiary/aromatic N) is 2. The Hall–Kier alpha value is -2.07. The maximum absolute atomic E-state index is 11.7. The highest BCUT2D eigenvalue weighted by atomic mass is 127. The molecule has 1 heterocycles. The van der Waals surface area contributed by atoms with Crippen LogP contribution in [0, 0.1) is 6.92 Å². The second-order valence-electron chi connectivity index (χ2n) is 6.74. The minimum Gasteiger partial charge on any atom is -0.491 e. The summed E-state index contributed by atoms with van der Waals surface area (Å²) in [6.45, 7) is 5.24. The van der Waals surface area contributed by atoms with E-state index in [1.165, 1.54) is 0 Å². The molecule has 1 aromatic carbocycles. The molecule has 0 amide bonds. The van der Waals surface area contributed by atoms with Gasteiger partial charge >= 0.3 is 0 Å². The van der Waals surface area contributed by atoms with Gasteiger partial charge in [0.15, 0.2) is 5.96 Å². The maximum Gasteiger partial charge on any atom is 0.250 e. The molecule has 2 N–H and O–H groups in total. The van der Waals surface area contributed by atoms with Crippen molar-refractivity contribution in [3.05, 3.63) is 64.1 Å². The molecule has 0 aliphatic carbocycles. The van der Waals surface area contributed by atoms with Crippen molar-refractivity contribution in [3.63, 3.8) is 0 Å². The van der Waals surface area contributed by atoms with Gasteiger partial charge in [0, 0.05) is 51.6 Å². The second-order valence-corrected chi connectivity index (χ2v) is 6.74. The summed E-state index contributed by atoms with van der Waals surface area (Å²) < 4.78 is 12.6. The predicted octanol–water partition coefficient (Wildman–Crippen LogP) is 2.95. The number of hydrogen-bond donors (Lipinski definition) is 2. The summed E-state index contributed by atoms with van der Waals surface area (Å²) in [6, 6.07) is 11.4. The Kier molecular flexibility index (Phi) is 12.8. The molecule has 30 heavy (non-hydrogen) atoms. The van der Waals surface area contributed by atoms with E-state index in [-0.39, 0.29) is 29.5 Å². The fraction of sp³-hybridized carbons (Fsp3) is 0.455. The normalized spacial score (nSPS) is 11.0. The van der Waals surface area contributed by atoms with Gasteiger partial charge < -0.3 is 24.7 Å². The van der Waals surface area contributed by atoms with Crippen molar-refractivity contribution in [2.24, 2.45) is 4.99 Å². The van der Waals surface area contributed by atoms with Crippen LogP contribution >= 0.6 is 24.0 Å². The highest BCUT2D eigenvalue weighted by Crippen LogP contribution is 2.20. The van der Waals surface area contributed by atoms with Gasteiger partial charge in [0.25, 0.3) is 0 Å². The third kappa shape index (κ3) is 9.17. The topological polar surface area (TPSA) is 76.9 Å². The largest absolute Gasteiger partial charge is 0.491 e. The van der Waals surface area contributed by atoms with Crippen LogP contribution in [0.25, 0.3) is 0 Å². The van der Waals surface area contributed by atoms with Crippen LogP contribution in [0.15, 0.2) is 52.4 Å². The van der Waals surface area contributed by atoms with E-state index in [2.05, 4.69) is 27.8 Å². The molecule has 0 fully saturated rings. The van der Waals surface area contributed by atoms with Crippen LogP contribution in [0.4, 0.5) is 0 Å². The molecule has 2 aromatic rings. The third-order valence-corrected chi connectivity index (χ3v) is 4.45. The SMILES string of the molecule is CN=C(NCCCCn1ccccc1=O)NCc1ccc(C)cc1OCCOC.I. The van der Waals surface area contributed by atoms with Gasteiger partial charge in [0.1, 0.15) is 12.4 Å². The van der Waals surface area contributed by atoms with Crippen molar-refractivity contribution in [3.8, 4) is 5.75 Å². The molecular formula is C22H33IN4O3. The Morgan fingerprint density at radius 3 is 2.70 bits per heavy atom. The molecule has 0 atom stereocenters. The molecule has 0 radical (unpaired) electrons. The summed E-state index contributed by atoms with van der Waals surface area (Å²) >= 11 is 0. The summed E-state index contributed by atoms with van der Waals surface area (Å²) in [5.74, 6) is 1.60. The Morgan fingerprint density at radius 1 is 1.13 bits per heavy atom. The highest BCUT2D eigenvalue weighted by molar-refractivity contribution is 14.0. The standard InChI is InChI=1S/C22H32N4O3.HI/c1-18-9-10-19(20(16-18)29-15-14-28-3)17-25-22(23-2)24-11-5-7-13-26-12-6-4-8-21(26)27;/h4,6,8-10,12,16H,5,7,11,13-15,17H2,1-3H3,(H2,23,24,25);1H. The van der Waals surface area contributed by atoms with Crippen LogP contribution in [0.2, 0.25) is 0 Å². The minimum absolute atomic E-state index is 0. The smallest absolute Gasteiger partial charge is 0.250 e. The number of nitrogens with one attached hydrogen (secondary N) is 2. The Labute approximate surface area is 195 Å². The average molecular weight is 528 g/mol. The fourth-order valence-electron chi connectivity index (χ4n) is 2.84. The van der Waals surface area contributed by atoms with E-state index in [4.69, 9.17) is 9.47 Å². The molecule has 0 saturated carbocycles. The lowest BCUT2D eigenvalue weighted by Gasteiger charge is -2.15.